The van der Waals surface area contributed by atoms with Gasteiger partial charge >= 0.3 is 11.9 Å². The van der Waals surface area contributed by atoms with Crippen molar-refractivity contribution in [3.05, 3.63) is 75.0 Å². The van der Waals surface area contributed by atoms with Crippen LogP contribution in [-0.2, 0) is 36.8 Å². The van der Waals surface area contributed by atoms with E-state index in [1.54, 1.807) is 25.5 Å². The molecule has 2 aromatic carbocycles. The van der Waals surface area contributed by atoms with Crippen molar-refractivity contribution in [2.24, 2.45) is 10.4 Å². The first kappa shape index (κ1) is 30.7. The highest BCUT2D eigenvalue weighted by Gasteiger charge is 2.28. The van der Waals surface area contributed by atoms with Gasteiger partial charge in [0.2, 0.25) is 11.6 Å². The van der Waals surface area contributed by atoms with Crippen LogP contribution in [0.25, 0.3) is 22.5 Å². The maximum Gasteiger partial charge on any atom is 0.337 e. The van der Waals surface area contributed by atoms with E-state index in [-0.39, 0.29) is 5.57 Å². The summed E-state index contributed by atoms with van der Waals surface area (Å²) in [5, 5.41) is 19.8. The van der Waals surface area contributed by atoms with Gasteiger partial charge in [-0.25, -0.2) is 14.6 Å². The lowest BCUT2D eigenvalue weighted by atomic mass is 9.98. The van der Waals surface area contributed by atoms with Gasteiger partial charge in [-0.15, -0.1) is 5.10 Å². The molecule has 1 N–H and O–H groups in total. The van der Waals surface area contributed by atoms with E-state index in [2.05, 4.69) is 30.7 Å². The number of amides is 1. The van der Waals surface area contributed by atoms with Crippen LogP contribution in [0, 0.1) is 5.41 Å². The highest BCUT2D eigenvalue weighted by molar-refractivity contribution is 7.08. The van der Waals surface area contributed by atoms with E-state index in [0.717, 1.165) is 27.3 Å². The Hall–Kier alpha value is -4.78. The quantitative estimate of drug-likeness (QED) is 0.213. The molecule has 12 nitrogen and oxygen atoms in total. The van der Waals surface area contributed by atoms with Gasteiger partial charge in [-0.2, -0.15) is 10.1 Å². The lowest BCUT2D eigenvalue weighted by molar-refractivity contribution is -0.171. The number of H-pyrrole nitrogens is 1. The predicted octanol–water partition coefficient (Wildman–Crippen LogP) is 4.40. The molecule has 1 aliphatic rings. The van der Waals surface area contributed by atoms with Gasteiger partial charge in [-0.05, 0) is 73.6 Å². The molecule has 0 saturated heterocycles. The summed E-state index contributed by atoms with van der Waals surface area (Å²) in [5.74, 6) is -1.06. The van der Waals surface area contributed by atoms with Crippen LogP contribution in [0.3, 0.4) is 0 Å². The zero-order valence-corrected chi connectivity index (χ0v) is 25.8. The summed E-state index contributed by atoms with van der Waals surface area (Å²) >= 11 is 1.34. The summed E-state index contributed by atoms with van der Waals surface area (Å²) in [7, 11) is 0. The van der Waals surface area contributed by atoms with Crippen LogP contribution < -0.4 is 4.80 Å². The minimum Gasteiger partial charge on any atom is -0.427 e. The van der Waals surface area contributed by atoms with Crippen LogP contribution in [0.5, 0.6) is 0 Å². The van der Waals surface area contributed by atoms with Gasteiger partial charge in [0.05, 0.1) is 12.0 Å². The van der Waals surface area contributed by atoms with Crippen LogP contribution in [-0.4, -0.2) is 55.0 Å². The van der Waals surface area contributed by atoms with Gasteiger partial charge < -0.3 is 9.47 Å². The second kappa shape index (κ2) is 13.2. The summed E-state index contributed by atoms with van der Waals surface area (Å²) < 4.78 is 11.9. The number of benzene rings is 2. The number of hydrogen-bond donors (Lipinski definition) is 1. The number of esters is 2. The van der Waals surface area contributed by atoms with E-state index in [9.17, 15) is 14.4 Å². The number of nitrogens with zero attached hydrogens (tertiary/aromatic N) is 6. The largest absolute Gasteiger partial charge is 0.427 e. The molecule has 0 saturated carbocycles. The summed E-state index contributed by atoms with van der Waals surface area (Å²) in [4.78, 5) is 42.8. The Kier molecular flexibility index (Phi) is 9.23. The van der Waals surface area contributed by atoms with Gasteiger partial charge in [0, 0.05) is 16.7 Å². The third-order valence-electron chi connectivity index (χ3n) is 7.00. The first-order valence-electron chi connectivity index (χ1n) is 14.3. The van der Waals surface area contributed by atoms with Gasteiger partial charge in [-0.1, -0.05) is 66.8 Å². The minimum atomic E-state index is -0.718. The molecule has 0 radical (unpaired) electrons. The molecule has 2 aromatic heterocycles. The number of aromatic nitrogens is 6. The van der Waals surface area contributed by atoms with Crippen LogP contribution in [0.1, 0.15) is 57.5 Å². The van der Waals surface area contributed by atoms with Crippen molar-refractivity contribution in [3.63, 3.8) is 0 Å². The van der Waals surface area contributed by atoms with E-state index in [1.807, 2.05) is 55.5 Å². The number of ether oxygens (including phenoxy) is 2. The fourth-order valence-corrected chi connectivity index (χ4v) is 5.49. The van der Waals surface area contributed by atoms with Crippen molar-refractivity contribution in [2.75, 3.05) is 6.79 Å². The molecule has 5 rings (SSSR count). The van der Waals surface area contributed by atoms with Crippen LogP contribution in [0.15, 0.2) is 64.7 Å². The SMILES string of the molecule is CCc1nn(Cc2ccc(-c3ccccc3-c3nnn[nH]3)cc2)c(=NC(=O)C2=C(C(=O)OCOC(=O)C(C)(C)C)CCC2)s1. The number of nitrogens with one attached hydrogen (secondary N) is 1. The predicted molar refractivity (Wildman–Crippen MR) is 162 cm³/mol. The smallest absolute Gasteiger partial charge is 0.337 e. The number of rotatable bonds is 9. The first-order valence-corrected chi connectivity index (χ1v) is 15.1. The third-order valence-corrected chi connectivity index (χ3v) is 8.09. The Morgan fingerprint density at radius 2 is 1.73 bits per heavy atom. The molecule has 0 spiro atoms. The van der Waals surface area contributed by atoms with Crippen molar-refractivity contribution in [3.8, 4) is 22.5 Å². The number of aryl methyl sites for hydroxylation is 1. The molecule has 0 bridgehead atoms. The van der Waals surface area contributed by atoms with Gasteiger partial charge in [-0.3, -0.25) is 9.59 Å². The summed E-state index contributed by atoms with van der Waals surface area (Å²) in [6.07, 6.45) is 2.14. The maximum absolute atomic E-state index is 13.3. The molecule has 13 heteroatoms. The monoisotopic (exact) mass is 615 g/mol. The summed E-state index contributed by atoms with van der Waals surface area (Å²) in [5.41, 5.74) is 3.73. The van der Waals surface area contributed by atoms with E-state index < -0.39 is 30.1 Å². The van der Waals surface area contributed by atoms with Crippen LogP contribution >= 0.6 is 11.3 Å². The Bertz CT molecular complexity index is 1760. The molecule has 228 valence electrons. The molecule has 2 heterocycles. The zero-order chi connectivity index (χ0) is 31.3. The molecule has 1 aliphatic carbocycles. The van der Waals surface area contributed by atoms with E-state index >= 15 is 0 Å². The van der Waals surface area contributed by atoms with Crippen molar-refractivity contribution < 1.29 is 23.9 Å². The lowest BCUT2D eigenvalue weighted by Crippen LogP contribution is -2.25. The highest BCUT2D eigenvalue weighted by atomic mass is 32.1. The Labute approximate surface area is 257 Å². The number of carbonyl (C=O) groups excluding carboxylic acids is 3. The first-order chi connectivity index (χ1) is 21.1. The highest BCUT2D eigenvalue weighted by Crippen LogP contribution is 2.30. The van der Waals surface area contributed by atoms with E-state index in [0.29, 0.717) is 48.4 Å². The topological polar surface area (TPSA) is 154 Å². The second-order valence-corrected chi connectivity index (χ2v) is 12.3. The van der Waals surface area contributed by atoms with Crippen molar-refractivity contribution in [1.29, 1.82) is 0 Å². The fourth-order valence-electron chi connectivity index (χ4n) is 4.66. The van der Waals surface area contributed by atoms with Crippen LogP contribution in [0.2, 0.25) is 0 Å². The molecule has 0 fully saturated rings. The Morgan fingerprint density at radius 3 is 2.41 bits per heavy atom. The standard InChI is InChI=1S/C31H33N7O5S/c1-5-25-35-38(17-19-13-15-20(16-14-19)21-9-6-7-10-22(21)26-33-36-37-34-26)30(44-25)32-27(39)23-11-8-12-24(23)28(40)42-18-43-29(41)31(2,3)4/h6-7,9-10,13-16H,5,8,11-12,17-18H2,1-4H3,(H,33,34,36,37). The minimum absolute atomic E-state index is 0.273. The van der Waals surface area contributed by atoms with Crippen molar-refractivity contribution in [2.45, 2.75) is 59.9 Å². The maximum atomic E-state index is 13.3. The van der Waals surface area contributed by atoms with Gasteiger partial charge in [0.15, 0.2) is 5.82 Å². The van der Waals surface area contributed by atoms with Gasteiger partial charge in [0.1, 0.15) is 5.01 Å². The molecule has 0 aliphatic heterocycles. The molecule has 0 atom stereocenters. The fraction of sp³-hybridized carbons (Fsp3) is 0.355. The molecule has 44 heavy (non-hydrogen) atoms. The normalized spacial score (nSPS) is 13.8. The zero-order valence-electron chi connectivity index (χ0n) is 25.0. The van der Waals surface area contributed by atoms with Crippen LogP contribution in [0.4, 0.5) is 0 Å². The Balaban J connectivity index is 1.34. The molecule has 4 aromatic rings. The summed E-state index contributed by atoms with van der Waals surface area (Å²) in [6, 6.07) is 15.9. The number of carbonyl (C=O) groups is 3. The van der Waals surface area contributed by atoms with E-state index in [4.69, 9.17) is 9.47 Å². The average molecular weight is 616 g/mol. The molecule has 0 unspecified atom stereocenters. The summed E-state index contributed by atoms with van der Waals surface area (Å²) in [6.45, 7) is 7.01. The van der Waals surface area contributed by atoms with Crippen molar-refractivity contribution in [1.82, 2.24) is 30.4 Å². The molecular weight excluding hydrogens is 582 g/mol. The number of hydrogen-bond acceptors (Lipinski definition) is 10. The van der Waals surface area contributed by atoms with Crippen molar-refractivity contribution >= 4 is 29.2 Å². The number of aromatic amines is 1. The molecular formula is C31H33N7O5S. The van der Waals surface area contributed by atoms with E-state index in [1.165, 1.54) is 11.3 Å². The van der Waals surface area contributed by atoms with Gasteiger partial charge in [0.25, 0.3) is 5.91 Å². The lowest BCUT2D eigenvalue weighted by Gasteiger charge is -2.16. The molecule has 1 amide bonds. The Morgan fingerprint density at radius 1 is 1.00 bits per heavy atom. The second-order valence-electron chi connectivity index (χ2n) is 11.2. The third kappa shape index (κ3) is 7.05. The average Bonchev–Trinajstić information content (AvgIpc) is 3.79. The number of tetrazole rings is 1.